The summed E-state index contributed by atoms with van der Waals surface area (Å²) in [6, 6.07) is 20.7. The first-order valence-electron chi connectivity index (χ1n) is 6.78. The lowest BCUT2D eigenvalue weighted by Crippen LogP contribution is -2.34. The van der Waals surface area contributed by atoms with E-state index >= 15 is 0 Å². The van der Waals surface area contributed by atoms with Crippen LogP contribution in [-0.2, 0) is 11.3 Å². The maximum atomic E-state index is 5.96. The third-order valence-corrected chi connectivity index (χ3v) is 3.20. The highest BCUT2D eigenvalue weighted by atomic mass is 16.5. The number of anilines is 1. The van der Waals surface area contributed by atoms with Gasteiger partial charge in [0.15, 0.2) is 0 Å². The first kappa shape index (κ1) is 13.6. The average molecular weight is 255 g/mol. The van der Waals surface area contributed by atoms with Crippen LogP contribution in [0.3, 0.4) is 0 Å². The Morgan fingerprint density at radius 1 is 0.947 bits per heavy atom. The van der Waals surface area contributed by atoms with E-state index in [9.17, 15) is 0 Å². The first-order valence-corrected chi connectivity index (χ1v) is 6.78. The normalized spacial score (nSPS) is 12.1. The molecule has 19 heavy (non-hydrogen) atoms. The smallest absolute Gasteiger partial charge is 0.127 e. The fourth-order valence-corrected chi connectivity index (χ4v) is 2.15. The summed E-state index contributed by atoms with van der Waals surface area (Å²) >= 11 is 0. The Bertz CT molecular complexity index is 469. The fraction of sp³-hybridized carbons (Fsp3) is 0.294. The summed E-state index contributed by atoms with van der Waals surface area (Å²) in [5.74, 6) is 0. The second kappa shape index (κ2) is 6.95. The van der Waals surface area contributed by atoms with E-state index in [1.54, 1.807) is 0 Å². The summed E-state index contributed by atoms with van der Waals surface area (Å²) in [4.78, 5) is 2.25. The van der Waals surface area contributed by atoms with Crippen LogP contribution in [0.4, 0.5) is 5.69 Å². The van der Waals surface area contributed by atoms with Gasteiger partial charge in [0.25, 0.3) is 0 Å². The summed E-state index contributed by atoms with van der Waals surface area (Å²) < 4.78 is 5.96. The van der Waals surface area contributed by atoms with Crippen molar-refractivity contribution in [1.82, 2.24) is 0 Å². The number of hydrogen-bond donors (Lipinski definition) is 0. The number of para-hydroxylation sites is 1. The largest absolute Gasteiger partial charge is 0.354 e. The van der Waals surface area contributed by atoms with Gasteiger partial charge in [-0.3, -0.25) is 0 Å². The molecule has 0 aromatic heterocycles. The molecule has 100 valence electrons. The van der Waals surface area contributed by atoms with Crippen molar-refractivity contribution in [3.63, 3.8) is 0 Å². The molecule has 2 heteroatoms. The van der Waals surface area contributed by atoms with Crippen LogP contribution in [0.25, 0.3) is 0 Å². The van der Waals surface area contributed by atoms with Crippen molar-refractivity contribution >= 4 is 5.69 Å². The number of benzene rings is 2. The second-order valence-electron chi connectivity index (χ2n) is 4.52. The van der Waals surface area contributed by atoms with Crippen molar-refractivity contribution in [3.8, 4) is 0 Å². The van der Waals surface area contributed by atoms with Gasteiger partial charge in [0.2, 0.25) is 0 Å². The predicted molar refractivity (Wildman–Crippen MR) is 80.2 cm³/mol. The Morgan fingerprint density at radius 2 is 1.53 bits per heavy atom. The zero-order valence-corrected chi connectivity index (χ0v) is 11.6. The van der Waals surface area contributed by atoms with E-state index in [0.29, 0.717) is 6.61 Å². The van der Waals surface area contributed by atoms with Gasteiger partial charge in [0.1, 0.15) is 6.23 Å². The quantitative estimate of drug-likeness (QED) is 0.721. The minimum absolute atomic E-state index is 0.0626. The molecule has 0 bridgehead atoms. The molecule has 2 aromatic carbocycles. The van der Waals surface area contributed by atoms with E-state index in [1.807, 2.05) is 24.3 Å². The van der Waals surface area contributed by atoms with E-state index in [0.717, 1.165) is 6.54 Å². The standard InChI is InChI=1S/C17H21NO/c1-3-18(17-12-8-5-9-13-17)15(2)19-14-16-10-6-4-7-11-16/h4-13,15H,3,14H2,1-2H3. The van der Waals surface area contributed by atoms with Crippen molar-refractivity contribution in [1.29, 1.82) is 0 Å². The molecule has 2 rings (SSSR count). The minimum atomic E-state index is 0.0626. The molecule has 0 fully saturated rings. The van der Waals surface area contributed by atoms with Gasteiger partial charge in [-0.1, -0.05) is 48.5 Å². The molecule has 0 saturated carbocycles. The Morgan fingerprint density at radius 3 is 2.11 bits per heavy atom. The van der Waals surface area contributed by atoms with Gasteiger partial charge in [-0.15, -0.1) is 0 Å². The van der Waals surface area contributed by atoms with Gasteiger partial charge >= 0.3 is 0 Å². The number of rotatable bonds is 6. The van der Waals surface area contributed by atoms with Crippen molar-refractivity contribution in [3.05, 3.63) is 66.2 Å². The van der Waals surface area contributed by atoms with Crippen molar-refractivity contribution in [2.24, 2.45) is 0 Å². The van der Waals surface area contributed by atoms with Gasteiger partial charge in [0.05, 0.1) is 6.61 Å². The number of hydrogen-bond acceptors (Lipinski definition) is 2. The third-order valence-electron chi connectivity index (χ3n) is 3.20. The number of nitrogens with zero attached hydrogens (tertiary/aromatic N) is 1. The average Bonchev–Trinajstić information content (AvgIpc) is 2.48. The van der Waals surface area contributed by atoms with Crippen LogP contribution in [0.5, 0.6) is 0 Å². The van der Waals surface area contributed by atoms with Crippen molar-refractivity contribution in [2.45, 2.75) is 26.7 Å². The monoisotopic (exact) mass is 255 g/mol. The van der Waals surface area contributed by atoms with Gasteiger partial charge in [0, 0.05) is 12.2 Å². The summed E-state index contributed by atoms with van der Waals surface area (Å²) in [7, 11) is 0. The van der Waals surface area contributed by atoms with Crippen molar-refractivity contribution < 1.29 is 4.74 Å². The summed E-state index contributed by atoms with van der Waals surface area (Å²) in [6.07, 6.45) is 0.0626. The zero-order valence-electron chi connectivity index (χ0n) is 11.6. The van der Waals surface area contributed by atoms with Crippen LogP contribution in [0.1, 0.15) is 19.4 Å². The molecule has 2 aromatic rings. The molecule has 0 saturated heterocycles. The van der Waals surface area contributed by atoms with Gasteiger partial charge in [-0.25, -0.2) is 0 Å². The first-order chi connectivity index (χ1) is 9.31. The van der Waals surface area contributed by atoms with Crippen LogP contribution in [0.2, 0.25) is 0 Å². The van der Waals surface area contributed by atoms with E-state index in [1.165, 1.54) is 11.3 Å². The SMILES string of the molecule is CCN(c1ccccc1)C(C)OCc1ccccc1. The van der Waals surface area contributed by atoms with Crippen LogP contribution < -0.4 is 4.90 Å². The highest BCUT2D eigenvalue weighted by Crippen LogP contribution is 2.17. The van der Waals surface area contributed by atoms with E-state index < -0.39 is 0 Å². The summed E-state index contributed by atoms with van der Waals surface area (Å²) in [5, 5.41) is 0. The molecule has 0 aliphatic carbocycles. The van der Waals surface area contributed by atoms with Gasteiger partial charge in [-0.2, -0.15) is 0 Å². The van der Waals surface area contributed by atoms with E-state index in [4.69, 9.17) is 4.74 Å². The zero-order chi connectivity index (χ0) is 13.5. The highest BCUT2D eigenvalue weighted by Gasteiger charge is 2.12. The molecule has 0 aliphatic rings. The molecule has 1 unspecified atom stereocenters. The van der Waals surface area contributed by atoms with Crippen molar-refractivity contribution in [2.75, 3.05) is 11.4 Å². The fourth-order valence-electron chi connectivity index (χ4n) is 2.15. The van der Waals surface area contributed by atoms with Gasteiger partial charge < -0.3 is 9.64 Å². The molecule has 0 spiro atoms. The van der Waals surface area contributed by atoms with Crippen LogP contribution in [-0.4, -0.2) is 12.8 Å². The summed E-state index contributed by atoms with van der Waals surface area (Å²) in [5.41, 5.74) is 2.41. The molecule has 0 radical (unpaired) electrons. The lowest BCUT2D eigenvalue weighted by Gasteiger charge is -2.30. The lowest BCUT2D eigenvalue weighted by atomic mass is 10.2. The molecule has 0 amide bonds. The van der Waals surface area contributed by atoms with Crippen LogP contribution >= 0.6 is 0 Å². The Labute approximate surface area is 115 Å². The molecule has 0 N–H and O–H groups in total. The molecule has 0 aliphatic heterocycles. The topological polar surface area (TPSA) is 12.5 Å². The van der Waals surface area contributed by atoms with E-state index in [2.05, 4.69) is 55.1 Å². The van der Waals surface area contributed by atoms with Gasteiger partial charge in [-0.05, 0) is 31.5 Å². The molecular formula is C17H21NO. The van der Waals surface area contributed by atoms with E-state index in [-0.39, 0.29) is 6.23 Å². The molecule has 0 heterocycles. The Hall–Kier alpha value is -1.80. The highest BCUT2D eigenvalue weighted by molar-refractivity contribution is 5.46. The molecule has 2 nitrogen and oxygen atoms in total. The summed E-state index contributed by atoms with van der Waals surface area (Å²) in [6.45, 7) is 5.82. The Kier molecular flexibility index (Phi) is 4.99. The Balaban J connectivity index is 1.96. The maximum Gasteiger partial charge on any atom is 0.127 e. The molecular weight excluding hydrogens is 234 g/mol. The number of ether oxygens (including phenoxy) is 1. The minimum Gasteiger partial charge on any atom is -0.354 e. The van der Waals surface area contributed by atoms with Crippen LogP contribution in [0, 0.1) is 0 Å². The third kappa shape index (κ3) is 3.83. The lowest BCUT2D eigenvalue weighted by molar-refractivity contribution is 0.0512. The van der Waals surface area contributed by atoms with Crippen LogP contribution in [0.15, 0.2) is 60.7 Å². The second-order valence-corrected chi connectivity index (χ2v) is 4.52. The molecule has 1 atom stereocenters. The maximum absolute atomic E-state index is 5.96. The predicted octanol–water partition coefficient (Wildman–Crippen LogP) is 4.08.